The fourth-order valence-corrected chi connectivity index (χ4v) is 2.94. The molecule has 0 atom stereocenters. The summed E-state index contributed by atoms with van der Waals surface area (Å²) in [5, 5.41) is 3.69. The minimum atomic E-state index is -4.31. The van der Waals surface area contributed by atoms with Crippen LogP contribution >= 0.6 is 11.3 Å². The van der Waals surface area contributed by atoms with Crippen LogP contribution in [-0.2, 0) is 6.18 Å². The topological polar surface area (TPSA) is 24.9 Å². The second kappa shape index (κ2) is 5.04. The standard InChI is InChI=1S/C15H11F3N2S/c1-9-2-7-12-13(8-9)21-14(20-12)19-11-5-3-10(4-6-11)15(16,17)18/h2-8H,1H3,(H,19,20). The molecule has 0 radical (unpaired) electrons. The molecule has 0 fully saturated rings. The number of aromatic nitrogens is 1. The molecule has 6 heteroatoms. The van der Waals surface area contributed by atoms with E-state index in [1.807, 2.05) is 25.1 Å². The molecule has 0 spiro atoms. The van der Waals surface area contributed by atoms with Gasteiger partial charge in [0.25, 0.3) is 0 Å². The minimum absolute atomic E-state index is 0.582. The molecule has 3 aromatic rings. The number of nitrogens with one attached hydrogen (secondary N) is 1. The number of benzene rings is 2. The van der Waals surface area contributed by atoms with E-state index in [0.29, 0.717) is 10.8 Å². The predicted octanol–water partition coefficient (Wildman–Crippen LogP) is 5.37. The lowest BCUT2D eigenvalue weighted by Crippen LogP contribution is -2.04. The summed E-state index contributed by atoms with van der Waals surface area (Å²) in [4.78, 5) is 4.41. The summed E-state index contributed by atoms with van der Waals surface area (Å²) in [5.74, 6) is 0. The van der Waals surface area contributed by atoms with Gasteiger partial charge in [-0.05, 0) is 48.9 Å². The van der Waals surface area contributed by atoms with Gasteiger partial charge in [-0.2, -0.15) is 13.2 Å². The molecule has 0 aliphatic carbocycles. The van der Waals surface area contributed by atoms with Crippen LogP contribution in [0.5, 0.6) is 0 Å². The van der Waals surface area contributed by atoms with Gasteiger partial charge in [-0.25, -0.2) is 4.98 Å². The number of anilines is 2. The van der Waals surface area contributed by atoms with Crippen LogP contribution < -0.4 is 5.32 Å². The highest BCUT2D eigenvalue weighted by Gasteiger charge is 2.29. The van der Waals surface area contributed by atoms with Crippen LogP contribution in [0.15, 0.2) is 42.5 Å². The van der Waals surface area contributed by atoms with E-state index < -0.39 is 11.7 Å². The molecule has 1 N–H and O–H groups in total. The summed E-state index contributed by atoms with van der Waals surface area (Å²) in [5.41, 5.74) is 1.94. The third-order valence-electron chi connectivity index (χ3n) is 3.01. The van der Waals surface area contributed by atoms with Gasteiger partial charge in [0.15, 0.2) is 5.13 Å². The van der Waals surface area contributed by atoms with Gasteiger partial charge in [-0.15, -0.1) is 0 Å². The fourth-order valence-electron chi connectivity index (χ4n) is 1.95. The number of aryl methyl sites for hydroxylation is 1. The fraction of sp³-hybridized carbons (Fsp3) is 0.133. The Balaban J connectivity index is 1.84. The van der Waals surface area contributed by atoms with Crippen molar-refractivity contribution in [3.05, 3.63) is 53.6 Å². The van der Waals surface area contributed by atoms with Gasteiger partial charge in [0.2, 0.25) is 0 Å². The largest absolute Gasteiger partial charge is 0.416 e. The zero-order valence-electron chi connectivity index (χ0n) is 11.0. The van der Waals surface area contributed by atoms with Crippen molar-refractivity contribution in [2.75, 3.05) is 5.32 Å². The van der Waals surface area contributed by atoms with Crippen molar-refractivity contribution in [2.24, 2.45) is 0 Å². The number of fused-ring (bicyclic) bond motifs is 1. The van der Waals surface area contributed by atoms with E-state index in [0.717, 1.165) is 27.9 Å². The first-order chi connectivity index (χ1) is 9.91. The number of nitrogens with zero attached hydrogens (tertiary/aromatic N) is 1. The van der Waals surface area contributed by atoms with E-state index in [9.17, 15) is 13.2 Å². The highest BCUT2D eigenvalue weighted by Crippen LogP contribution is 2.32. The van der Waals surface area contributed by atoms with E-state index in [4.69, 9.17) is 0 Å². The monoisotopic (exact) mass is 308 g/mol. The van der Waals surface area contributed by atoms with Gasteiger partial charge in [-0.1, -0.05) is 17.4 Å². The van der Waals surface area contributed by atoms with E-state index in [1.54, 1.807) is 0 Å². The van der Waals surface area contributed by atoms with Crippen molar-refractivity contribution < 1.29 is 13.2 Å². The van der Waals surface area contributed by atoms with E-state index >= 15 is 0 Å². The van der Waals surface area contributed by atoms with Crippen LogP contribution in [0.4, 0.5) is 24.0 Å². The predicted molar refractivity (Wildman–Crippen MR) is 79.1 cm³/mol. The highest BCUT2D eigenvalue weighted by atomic mass is 32.1. The van der Waals surface area contributed by atoms with Crippen molar-refractivity contribution in [3.63, 3.8) is 0 Å². The smallest absolute Gasteiger partial charge is 0.332 e. The summed E-state index contributed by atoms with van der Waals surface area (Å²) < 4.78 is 38.5. The zero-order valence-corrected chi connectivity index (χ0v) is 11.8. The third-order valence-corrected chi connectivity index (χ3v) is 3.94. The van der Waals surface area contributed by atoms with Crippen LogP contribution in [0.25, 0.3) is 10.2 Å². The van der Waals surface area contributed by atoms with Crippen molar-refractivity contribution in [1.29, 1.82) is 0 Å². The van der Waals surface area contributed by atoms with E-state index in [1.165, 1.54) is 23.5 Å². The lowest BCUT2D eigenvalue weighted by Gasteiger charge is -2.07. The summed E-state index contributed by atoms with van der Waals surface area (Å²) in [6, 6.07) is 10.9. The number of hydrogen-bond acceptors (Lipinski definition) is 3. The second-order valence-electron chi connectivity index (χ2n) is 4.69. The molecular weight excluding hydrogens is 297 g/mol. The first-order valence-corrected chi connectivity index (χ1v) is 7.05. The molecule has 1 heterocycles. The molecule has 0 amide bonds. The Morgan fingerprint density at radius 3 is 2.43 bits per heavy atom. The van der Waals surface area contributed by atoms with Gasteiger partial charge in [-0.3, -0.25) is 0 Å². The molecular formula is C15H11F3N2S. The van der Waals surface area contributed by atoms with Crippen LogP contribution in [0, 0.1) is 6.92 Å². The SMILES string of the molecule is Cc1ccc2nc(Nc3ccc(C(F)(F)F)cc3)sc2c1. The summed E-state index contributed by atoms with van der Waals surface area (Å²) in [6.07, 6.45) is -4.31. The van der Waals surface area contributed by atoms with Crippen LogP contribution in [0.1, 0.15) is 11.1 Å². The molecule has 2 nitrogen and oxygen atoms in total. The first-order valence-electron chi connectivity index (χ1n) is 6.23. The molecule has 0 saturated carbocycles. The highest BCUT2D eigenvalue weighted by molar-refractivity contribution is 7.22. The Hall–Kier alpha value is -2.08. The normalized spacial score (nSPS) is 11.8. The maximum absolute atomic E-state index is 12.5. The molecule has 0 aliphatic heterocycles. The molecule has 0 saturated heterocycles. The Labute approximate surface area is 123 Å². The molecule has 108 valence electrons. The van der Waals surface area contributed by atoms with E-state index in [2.05, 4.69) is 10.3 Å². The number of halogens is 3. The molecule has 0 unspecified atom stereocenters. The van der Waals surface area contributed by atoms with Crippen molar-refractivity contribution in [2.45, 2.75) is 13.1 Å². The minimum Gasteiger partial charge on any atom is -0.332 e. The zero-order chi connectivity index (χ0) is 15.0. The Morgan fingerprint density at radius 1 is 1.05 bits per heavy atom. The Bertz CT molecular complexity index is 776. The lowest BCUT2D eigenvalue weighted by molar-refractivity contribution is -0.137. The van der Waals surface area contributed by atoms with Gasteiger partial charge < -0.3 is 5.32 Å². The van der Waals surface area contributed by atoms with Crippen molar-refractivity contribution in [3.8, 4) is 0 Å². The van der Waals surface area contributed by atoms with Crippen LogP contribution in [0.3, 0.4) is 0 Å². The molecule has 0 bridgehead atoms. The molecule has 0 aliphatic rings. The molecule has 1 aromatic heterocycles. The molecule has 3 rings (SSSR count). The summed E-state index contributed by atoms with van der Waals surface area (Å²) in [7, 11) is 0. The number of rotatable bonds is 2. The van der Waals surface area contributed by atoms with Crippen molar-refractivity contribution in [1.82, 2.24) is 4.98 Å². The summed E-state index contributed by atoms with van der Waals surface area (Å²) in [6.45, 7) is 2.00. The number of alkyl halides is 3. The van der Waals surface area contributed by atoms with Gasteiger partial charge in [0.05, 0.1) is 15.8 Å². The Morgan fingerprint density at radius 2 is 1.76 bits per heavy atom. The third kappa shape index (κ3) is 3.00. The van der Waals surface area contributed by atoms with Gasteiger partial charge in [0, 0.05) is 5.69 Å². The maximum Gasteiger partial charge on any atom is 0.416 e. The average molecular weight is 308 g/mol. The van der Waals surface area contributed by atoms with Gasteiger partial charge in [0.1, 0.15) is 0 Å². The number of thiazole rings is 1. The maximum atomic E-state index is 12.5. The quantitative estimate of drug-likeness (QED) is 0.688. The van der Waals surface area contributed by atoms with Crippen molar-refractivity contribution >= 4 is 32.4 Å². The molecule has 2 aromatic carbocycles. The van der Waals surface area contributed by atoms with Crippen LogP contribution in [-0.4, -0.2) is 4.98 Å². The number of hydrogen-bond donors (Lipinski definition) is 1. The first kappa shape index (κ1) is 13.9. The second-order valence-corrected chi connectivity index (χ2v) is 5.72. The van der Waals surface area contributed by atoms with Crippen LogP contribution in [0.2, 0.25) is 0 Å². The summed E-state index contributed by atoms with van der Waals surface area (Å²) >= 11 is 1.47. The average Bonchev–Trinajstić information content (AvgIpc) is 2.79. The van der Waals surface area contributed by atoms with E-state index in [-0.39, 0.29) is 0 Å². The van der Waals surface area contributed by atoms with Gasteiger partial charge >= 0.3 is 6.18 Å². The Kier molecular flexibility index (Phi) is 3.33. The lowest BCUT2D eigenvalue weighted by atomic mass is 10.2. The molecule has 21 heavy (non-hydrogen) atoms.